The number of aliphatic hydroxyl groups excluding tert-OH is 1. The minimum absolute atomic E-state index is 0.105. The summed E-state index contributed by atoms with van der Waals surface area (Å²) in [5, 5.41) is 10.5. The summed E-state index contributed by atoms with van der Waals surface area (Å²) in [6, 6.07) is 0. The summed E-state index contributed by atoms with van der Waals surface area (Å²) in [7, 11) is -9.87. The first kappa shape index (κ1) is 77.1. The van der Waals surface area contributed by atoms with Crippen molar-refractivity contribution < 1.29 is 80.2 Å². The molecular weight excluding hydrogens is 1050 g/mol. The van der Waals surface area contributed by atoms with E-state index in [-0.39, 0.29) is 25.7 Å². The quantitative estimate of drug-likeness (QED) is 0.0222. The van der Waals surface area contributed by atoms with Gasteiger partial charge in [-0.25, -0.2) is 9.13 Å². The molecular formula is C60H116O17P2. The first-order valence-electron chi connectivity index (χ1n) is 31.6. The third-order valence-corrected chi connectivity index (χ3v) is 15.7. The second kappa shape index (κ2) is 54.0. The number of aliphatic hydroxyl groups is 1. The molecule has 0 aliphatic carbocycles. The summed E-state index contributed by atoms with van der Waals surface area (Å²) in [5.41, 5.74) is 0. The molecule has 0 heterocycles. The summed E-state index contributed by atoms with van der Waals surface area (Å²) >= 11 is 0. The van der Waals surface area contributed by atoms with E-state index in [2.05, 4.69) is 34.6 Å². The number of carbonyl (C=O) groups is 4. The van der Waals surface area contributed by atoms with Crippen LogP contribution >= 0.6 is 15.6 Å². The van der Waals surface area contributed by atoms with Gasteiger partial charge in [0.2, 0.25) is 0 Å². The van der Waals surface area contributed by atoms with Crippen LogP contribution < -0.4 is 0 Å². The van der Waals surface area contributed by atoms with Crippen molar-refractivity contribution in [2.75, 3.05) is 39.6 Å². The normalized spacial score (nSPS) is 14.3. The van der Waals surface area contributed by atoms with Gasteiger partial charge < -0.3 is 33.8 Å². The SMILES string of the molecule is CCCCCCCCCCCCCCCCC(=O)O[C@H](COC(=O)CCCCCCCCCC(C)C)COP(=O)(O)OC[C@@H](O)COP(=O)(O)OC[C@@H](COC(=O)CCCCCCC)OC(=O)CCCCCCCCCCCC. The van der Waals surface area contributed by atoms with Crippen LogP contribution in [-0.4, -0.2) is 96.7 Å². The molecule has 0 aromatic carbocycles. The Morgan fingerprint density at radius 3 is 0.861 bits per heavy atom. The Morgan fingerprint density at radius 2 is 0.582 bits per heavy atom. The molecule has 0 spiro atoms. The summed E-state index contributed by atoms with van der Waals surface area (Å²) in [6.45, 7) is 7.02. The Morgan fingerprint density at radius 1 is 0.342 bits per heavy atom. The van der Waals surface area contributed by atoms with Crippen molar-refractivity contribution >= 4 is 39.5 Å². The lowest BCUT2D eigenvalue weighted by molar-refractivity contribution is -0.161. The van der Waals surface area contributed by atoms with E-state index in [1.807, 2.05) is 0 Å². The molecule has 79 heavy (non-hydrogen) atoms. The van der Waals surface area contributed by atoms with E-state index in [0.29, 0.717) is 31.6 Å². The molecule has 3 N–H and O–H groups in total. The lowest BCUT2D eigenvalue weighted by atomic mass is 10.0. The minimum Gasteiger partial charge on any atom is -0.462 e. The van der Waals surface area contributed by atoms with Gasteiger partial charge in [-0.3, -0.25) is 37.3 Å². The van der Waals surface area contributed by atoms with Crippen molar-refractivity contribution in [2.24, 2.45) is 5.92 Å². The van der Waals surface area contributed by atoms with Crippen molar-refractivity contribution in [3.05, 3.63) is 0 Å². The Bertz CT molecular complexity index is 1550. The minimum atomic E-state index is -4.94. The number of hydrogen-bond acceptors (Lipinski definition) is 15. The zero-order chi connectivity index (χ0) is 58.5. The molecule has 0 saturated carbocycles. The number of phosphoric acid groups is 2. The highest BCUT2D eigenvalue weighted by atomic mass is 31.2. The number of esters is 4. The van der Waals surface area contributed by atoms with Crippen molar-refractivity contribution in [1.29, 1.82) is 0 Å². The summed E-state index contributed by atoms with van der Waals surface area (Å²) in [4.78, 5) is 71.7. The molecule has 0 aromatic rings. The van der Waals surface area contributed by atoms with Crippen molar-refractivity contribution in [3.8, 4) is 0 Å². The van der Waals surface area contributed by atoms with Gasteiger partial charge in [0, 0.05) is 25.7 Å². The van der Waals surface area contributed by atoms with Gasteiger partial charge in [0.25, 0.3) is 0 Å². The topological polar surface area (TPSA) is 237 Å². The first-order valence-corrected chi connectivity index (χ1v) is 34.6. The van der Waals surface area contributed by atoms with E-state index in [4.69, 9.17) is 37.0 Å². The van der Waals surface area contributed by atoms with E-state index in [0.717, 1.165) is 103 Å². The lowest BCUT2D eigenvalue weighted by Gasteiger charge is -2.21. The molecule has 0 aromatic heterocycles. The highest BCUT2D eigenvalue weighted by Gasteiger charge is 2.30. The molecule has 0 amide bonds. The number of unbranched alkanes of at least 4 members (excludes halogenated alkanes) is 32. The van der Waals surface area contributed by atoms with E-state index >= 15 is 0 Å². The Balaban J connectivity index is 5.17. The molecule has 0 radical (unpaired) electrons. The molecule has 2 unspecified atom stereocenters. The van der Waals surface area contributed by atoms with Crippen LogP contribution in [0.1, 0.15) is 298 Å². The van der Waals surface area contributed by atoms with E-state index in [1.165, 1.54) is 109 Å². The van der Waals surface area contributed by atoms with Gasteiger partial charge in [-0.05, 0) is 31.6 Å². The molecule has 0 fully saturated rings. The van der Waals surface area contributed by atoms with Crippen LogP contribution in [0.4, 0.5) is 0 Å². The number of carbonyl (C=O) groups excluding carboxylic acids is 4. The molecule has 0 aliphatic rings. The smallest absolute Gasteiger partial charge is 0.462 e. The predicted octanol–water partition coefficient (Wildman–Crippen LogP) is 16.2. The van der Waals surface area contributed by atoms with Crippen LogP contribution in [0.15, 0.2) is 0 Å². The zero-order valence-electron chi connectivity index (χ0n) is 50.5. The van der Waals surface area contributed by atoms with E-state index in [9.17, 15) is 43.2 Å². The van der Waals surface area contributed by atoms with E-state index < -0.39 is 97.5 Å². The molecule has 5 atom stereocenters. The van der Waals surface area contributed by atoms with Crippen molar-refractivity contribution in [1.82, 2.24) is 0 Å². The summed E-state index contributed by atoms with van der Waals surface area (Å²) < 4.78 is 67.6. The molecule has 17 nitrogen and oxygen atoms in total. The second-order valence-electron chi connectivity index (χ2n) is 22.2. The van der Waals surface area contributed by atoms with Crippen LogP contribution in [0, 0.1) is 5.92 Å². The number of phosphoric ester groups is 2. The average molecular weight is 1170 g/mol. The van der Waals surface area contributed by atoms with Gasteiger partial charge in [-0.15, -0.1) is 0 Å². The van der Waals surface area contributed by atoms with Gasteiger partial charge in [0.1, 0.15) is 19.3 Å². The fourth-order valence-electron chi connectivity index (χ4n) is 8.88. The van der Waals surface area contributed by atoms with Gasteiger partial charge in [0.05, 0.1) is 26.4 Å². The Labute approximate surface area is 479 Å². The zero-order valence-corrected chi connectivity index (χ0v) is 52.3. The predicted molar refractivity (Wildman–Crippen MR) is 312 cm³/mol. The van der Waals surface area contributed by atoms with E-state index in [1.54, 1.807) is 0 Å². The second-order valence-corrected chi connectivity index (χ2v) is 25.1. The monoisotopic (exact) mass is 1170 g/mol. The number of rotatable bonds is 60. The summed E-state index contributed by atoms with van der Waals surface area (Å²) in [6.07, 6.45) is 36.6. The van der Waals surface area contributed by atoms with Crippen LogP contribution in [0.2, 0.25) is 0 Å². The highest BCUT2D eigenvalue weighted by molar-refractivity contribution is 7.47. The third kappa shape index (κ3) is 55.0. The van der Waals surface area contributed by atoms with Gasteiger partial charge in [-0.2, -0.15) is 0 Å². The van der Waals surface area contributed by atoms with Crippen LogP contribution in [0.3, 0.4) is 0 Å². The lowest BCUT2D eigenvalue weighted by Crippen LogP contribution is -2.30. The summed E-state index contributed by atoms with van der Waals surface area (Å²) in [5.74, 6) is -1.44. The molecule has 0 bridgehead atoms. The highest BCUT2D eigenvalue weighted by Crippen LogP contribution is 2.45. The first-order chi connectivity index (χ1) is 38.0. The number of ether oxygens (including phenoxy) is 4. The van der Waals surface area contributed by atoms with Gasteiger partial charge in [-0.1, -0.05) is 247 Å². The molecule has 19 heteroatoms. The number of hydrogen-bond donors (Lipinski definition) is 3. The molecule has 0 saturated heterocycles. The largest absolute Gasteiger partial charge is 0.472 e. The maximum Gasteiger partial charge on any atom is 0.472 e. The van der Waals surface area contributed by atoms with Crippen molar-refractivity contribution in [2.45, 2.75) is 316 Å². The fraction of sp³-hybridized carbons (Fsp3) is 0.933. The van der Waals surface area contributed by atoms with Crippen LogP contribution in [0.5, 0.6) is 0 Å². The Hall–Kier alpha value is -1.94. The molecule has 0 rings (SSSR count). The average Bonchev–Trinajstić information content (AvgIpc) is 3.41. The van der Waals surface area contributed by atoms with Crippen molar-refractivity contribution in [3.63, 3.8) is 0 Å². The molecule has 468 valence electrons. The maximum absolute atomic E-state index is 12.9. The third-order valence-electron chi connectivity index (χ3n) is 13.8. The van der Waals surface area contributed by atoms with Crippen LogP contribution in [0.25, 0.3) is 0 Å². The fourth-order valence-corrected chi connectivity index (χ4v) is 10.5. The van der Waals surface area contributed by atoms with Gasteiger partial charge >= 0.3 is 39.5 Å². The van der Waals surface area contributed by atoms with Crippen LogP contribution in [-0.2, 0) is 65.4 Å². The maximum atomic E-state index is 12.9. The Kier molecular flexibility index (Phi) is 52.7. The molecule has 0 aliphatic heterocycles. The van der Waals surface area contributed by atoms with Gasteiger partial charge in [0.15, 0.2) is 12.2 Å². The standard InChI is InChI=1S/C60H116O17P2/c1-6-9-12-15-17-19-21-22-23-24-26-30-36-41-46-60(65)77-56(50-71-58(63)44-39-34-31-27-28-33-37-42-53(4)5)52-75-79(68,69)73-48-54(61)47-72-78(66,67)74-51-55(49-70-57(62)43-38-32-14-11-8-3)76-59(64)45-40-35-29-25-20-18-16-13-10-7-2/h53-56,61H,6-52H2,1-5H3,(H,66,67)(H,68,69)/t54-,55+,56+/m0/s1.